The Morgan fingerprint density at radius 2 is 2.04 bits per heavy atom. The number of carbonyl (C=O) groups excluding carboxylic acids is 1. The minimum Gasteiger partial charge on any atom is -0.333 e. The lowest BCUT2D eigenvalue weighted by molar-refractivity contribution is -0.130. The van der Waals surface area contributed by atoms with Crippen LogP contribution in [0.5, 0.6) is 0 Å². The van der Waals surface area contributed by atoms with Gasteiger partial charge in [-0.15, -0.1) is 0 Å². The molecular formula is C16H21N7O. The van der Waals surface area contributed by atoms with E-state index in [4.69, 9.17) is 5.73 Å². The minimum absolute atomic E-state index is 0.0122. The molecule has 1 atom stereocenters. The van der Waals surface area contributed by atoms with Crippen molar-refractivity contribution in [3.63, 3.8) is 0 Å². The van der Waals surface area contributed by atoms with Crippen molar-refractivity contribution in [2.75, 3.05) is 18.4 Å². The quantitative estimate of drug-likeness (QED) is 0.869. The number of carbonyl (C=O) groups is 1. The predicted octanol–water partition coefficient (Wildman–Crippen LogP) is 1.25. The van der Waals surface area contributed by atoms with E-state index in [9.17, 15) is 4.79 Å². The van der Waals surface area contributed by atoms with E-state index < -0.39 is 0 Å². The summed E-state index contributed by atoms with van der Waals surface area (Å²) in [6.07, 6.45) is 5.12. The Morgan fingerprint density at radius 1 is 1.29 bits per heavy atom. The maximum absolute atomic E-state index is 12.0. The van der Waals surface area contributed by atoms with E-state index in [1.807, 2.05) is 19.9 Å². The Kier molecular flexibility index (Phi) is 4.66. The second kappa shape index (κ2) is 6.88. The normalized spacial score (nSPS) is 17.1. The van der Waals surface area contributed by atoms with Gasteiger partial charge in [0.15, 0.2) is 5.82 Å². The molecule has 126 valence electrons. The molecule has 0 unspecified atom stereocenters. The zero-order valence-corrected chi connectivity index (χ0v) is 13.9. The number of aromatic nitrogens is 4. The molecule has 0 aromatic carbocycles. The van der Waals surface area contributed by atoms with Crippen molar-refractivity contribution in [1.82, 2.24) is 24.8 Å². The van der Waals surface area contributed by atoms with Crippen molar-refractivity contribution in [3.05, 3.63) is 35.5 Å². The Hall–Kier alpha value is -2.61. The van der Waals surface area contributed by atoms with Crippen LogP contribution in [0.1, 0.15) is 36.0 Å². The smallest absolute Gasteiger partial charge is 0.236 e. The molecule has 0 saturated carbocycles. The standard InChI is InChI=1S/C16H21N7O/c1-10-6-11(2)20-16(19-10)22-14-9-18-8-12(21-14)13-4-3-5-23(13)15(24)7-17/h6,8-9,13H,3-5,7,17H2,1-2H3,(H,19,20,21,22)/t13-/m1/s1. The second-order valence-corrected chi connectivity index (χ2v) is 5.88. The highest BCUT2D eigenvalue weighted by Crippen LogP contribution is 2.30. The Bertz CT molecular complexity index is 729. The van der Waals surface area contributed by atoms with Crippen LogP contribution in [-0.2, 0) is 4.79 Å². The SMILES string of the molecule is Cc1cc(C)nc(Nc2cncc([C@H]3CCCN3C(=O)CN)n2)n1. The van der Waals surface area contributed by atoms with Crippen LogP contribution in [-0.4, -0.2) is 43.8 Å². The number of likely N-dealkylation sites (tertiary alicyclic amines) is 1. The molecule has 0 radical (unpaired) electrons. The summed E-state index contributed by atoms with van der Waals surface area (Å²) in [5, 5.41) is 3.08. The second-order valence-electron chi connectivity index (χ2n) is 5.88. The third-order valence-electron chi connectivity index (χ3n) is 3.96. The zero-order chi connectivity index (χ0) is 17.1. The molecular weight excluding hydrogens is 306 g/mol. The number of hydrogen-bond acceptors (Lipinski definition) is 7. The van der Waals surface area contributed by atoms with E-state index in [2.05, 4.69) is 25.3 Å². The van der Waals surface area contributed by atoms with Crippen molar-refractivity contribution < 1.29 is 4.79 Å². The van der Waals surface area contributed by atoms with Crippen LogP contribution in [0.2, 0.25) is 0 Å². The van der Waals surface area contributed by atoms with E-state index in [0.29, 0.717) is 18.3 Å². The van der Waals surface area contributed by atoms with E-state index in [1.165, 1.54) is 0 Å². The summed E-state index contributed by atoms with van der Waals surface area (Å²) in [5.41, 5.74) is 8.01. The third-order valence-corrected chi connectivity index (χ3v) is 3.96. The highest BCUT2D eigenvalue weighted by Gasteiger charge is 2.30. The van der Waals surface area contributed by atoms with E-state index in [0.717, 1.165) is 29.9 Å². The van der Waals surface area contributed by atoms with Crippen molar-refractivity contribution in [1.29, 1.82) is 0 Å². The number of nitrogens with zero attached hydrogens (tertiary/aromatic N) is 5. The van der Waals surface area contributed by atoms with Crippen LogP contribution in [0.4, 0.5) is 11.8 Å². The first kappa shape index (κ1) is 16.3. The fraction of sp³-hybridized carbons (Fsp3) is 0.438. The molecule has 2 aromatic heterocycles. The van der Waals surface area contributed by atoms with Gasteiger partial charge in [-0.05, 0) is 32.8 Å². The number of hydrogen-bond donors (Lipinski definition) is 2. The van der Waals surface area contributed by atoms with Crippen LogP contribution < -0.4 is 11.1 Å². The summed E-state index contributed by atoms with van der Waals surface area (Å²) in [6.45, 7) is 4.55. The monoisotopic (exact) mass is 327 g/mol. The molecule has 24 heavy (non-hydrogen) atoms. The van der Waals surface area contributed by atoms with Crippen molar-refractivity contribution in [2.24, 2.45) is 5.73 Å². The van der Waals surface area contributed by atoms with Gasteiger partial charge in [0.1, 0.15) is 0 Å². The fourth-order valence-corrected chi connectivity index (χ4v) is 2.99. The van der Waals surface area contributed by atoms with Gasteiger partial charge in [-0.25, -0.2) is 15.0 Å². The Morgan fingerprint density at radius 3 is 2.75 bits per heavy atom. The van der Waals surface area contributed by atoms with Gasteiger partial charge in [-0.1, -0.05) is 0 Å². The summed E-state index contributed by atoms with van der Waals surface area (Å²) < 4.78 is 0. The summed E-state index contributed by atoms with van der Waals surface area (Å²) >= 11 is 0. The highest BCUT2D eigenvalue weighted by molar-refractivity contribution is 5.78. The minimum atomic E-state index is -0.0736. The van der Waals surface area contributed by atoms with Gasteiger partial charge in [0.25, 0.3) is 0 Å². The molecule has 0 aliphatic carbocycles. The number of aryl methyl sites for hydroxylation is 2. The van der Waals surface area contributed by atoms with Crippen molar-refractivity contribution >= 4 is 17.7 Å². The summed E-state index contributed by atoms with van der Waals surface area (Å²) in [6, 6.07) is 1.83. The van der Waals surface area contributed by atoms with Crippen LogP contribution >= 0.6 is 0 Å². The van der Waals surface area contributed by atoms with Crippen LogP contribution in [0.25, 0.3) is 0 Å². The van der Waals surface area contributed by atoms with Crippen molar-refractivity contribution in [2.45, 2.75) is 32.7 Å². The lowest BCUT2D eigenvalue weighted by atomic mass is 10.1. The number of nitrogens with one attached hydrogen (secondary N) is 1. The topological polar surface area (TPSA) is 110 Å². The first-order chi connectivity index (χ1) is 11.6. The molecule has 8 nitrogen and oxygen atoms in total. The zero-order valence-electron chi connectivity index (χ0n) is 13.9. The van der Waals surface area contributed by atoms with E-state index in [-0.39, 0.29) is 18.5 Å². The molecule has 1 aliphatic heterocycles. The summed E-state index contributed by atoms with van der Waals surface area (Å²) in [4.78, 5) is 31.3. The van der Waals surface area contributed by atoms with Crippen molar-refractivity contribution in [3.8, 4) is 0 Å². The average Bonchev–Trinajstić information content (AvgIpc) is 3.03. The molecule has 0 spiro atoms. The van der Waals surface area contributed by atoms with Gasteiger partial charge < -0.3 is 16.0 Å². The largest absolute Gasteiger partial charge is 0.333 e. The lowest BCUT2D eigenvalue weighted by Gasteiger charge is -2.23. The molecule has 3 heterocycles. The lowest BCUT2D eigenvalue weighted by Crippen LogP contribution is -2.35. The average molecular weight is 327 g/mol. The molecule has 0 bridgehead atoms. The molecule has 1 amide bonds. The molecule has 8 heteroatoms. The molecule has 3 rings (SSSR count). The first-order valence-electron chi connectivity index (χ1n) is 7.97. The predicted molar refractivity (Wildman–Crippen MR) is 89.6 cm³/mol. The van der Waals surface area contributed by atoms with Gasteiger partial charge in [0, 0.05) is 17.9 Å². The van der Waals surface area contributed by atoms with Gasteiger partial charge >= 0.3 is 0 Å². The number of anilines is 2. The Labute approximate surface area is 140 Å². The summed E-state index contributed by atoms with van der Waals surface area (Å²) in [5.74, 6) is 0.986. The maximum atomic E-state index is 12.0. The fourth-order valence-electron chi connectivity index (χ4n) is 2.99. The summed E-state index contributed by atoms with van der Waals surface area (Å²) in [7, 11) is 0. The number of nitrogens with two attached hydrogens (primary N) is 1. The first-order valence-corrected chi connectivity index (χ1v) is 7.97. The molecule has 1 saturated heterocycles. The molecule has 1 aliphatic rings. The van der Waals surface area contributed by atoms with E-state index in [1.54, 1.807) is 17.3 Å². The van der Waals surface area contributed by atoms with Gasteiger partial charge in [0.2, 0.25) is 11.9 Å². The Balaban J connectivity index is 1.82. The van der Waals surface area contributed by atoms with Gasteiger partial charge in [-0.3, -0.25) is 9.78 Å². The maximum Gasteiger partial charge on any atom is 0.236 e. The molecule has 1 fully saturated rings. The molecule has 3 N–H and O–H groups in total. The molecule has 2 aromatic rings. The van der Waals surface area contributed by atoms with Crippen LogP contribution in [0.15, 0.2) is 18.5 Å². The van der Waals surface area contributed by atoms with Gasteiger partial charge in [0.05, 0.1) is 30.7 Å². The van der Waals surface area contributed by atoms with Gasteiger partial charge in [-0.2, -0.15) is 0 Å². The number of amides is 1. The third kappa shape index (κ3) is 3.48. The van der Waals surface area contributed by atoms with Crippen LogP contribution in [0, 0.1) is 13.8 Å². The van der Waals surface area contributed by atoms with Crippen LogP contribution in [0.3, 0.4) is 0 Å². The number of rotatable bonds is 4. The highest BCUT2D eigenvalue weighted by atomic mass is 16.2. The van der Waals surface area contributed by atoms with E-state index >= 15 is 0 Å².